The summed E-state index contributed by atoms with van der Waals surface area (Å²) in [5.74, 6) is -0.00487. The summed E-state index contributed by atoms with van der Waals surface area (Å²) in [6, 6.07) is 27.6. The average molecular weight is 406 g/mol. The van der Waals surface area contributed by atoms with Gasteiger partial charge in [-0.25, -0.2) is 9.99 Å². The number of nitrogens with zero attached hydrogens (tertiary/aromatic N) is 4. The van der Waals surface area contributed by atoms with Gasteiger partial charge in [-0.05, 0) is 29.7 Å². The van der Waals surface area contributed by atoms with Crippen molar-refractivity contribution >= 4 is 22.7 Å². The molecule has 0 saturated carbocycles. The highest BCUT2D eigenvalue weighted by molar-refractivity contribution is 6.03. The van der Waals surface area contributed by atoms with Crippen LogP contribution >= 0.6 is 0 Å². The smallest absolute Gasteiger partial charge is 0.243 e. The molecule has 0 fully saturated rings. The van der Waals surface area contributed by atoms with Crippen molar-refractivity contribution in [3.05, 3.63) is 108 Å². The summed E-state index contributed by atoms with van der Waals surface area (Å²) < 4.78 is 0. The van der Waals surface area contributed by atoms with E-state index in [9.17, 15) is 4.79 Å². The van der Waals surface area contributed by atoms with E-state index in [-0.39, 0.29) is 11.9 Å². The number of hydrogen-bond acceptors (Lipinski definition) is 4. The van der Waals surface area contributed by atoms with Crippen molar-refractivity contribution in [3.63, 3.8) is 0 Å². The molecule has 2 heterocycles. The zero-order valence-electron chi connectivity index (χ0n) is 17.1. The van der Waals surface area contributed by atoms with E-state index in [4.69, 9.17) is 10.1 Å². The first-order valence-electron chi connectivity index (χ1n) is 10.5. The Balaban J connectivity index is 1.45. The van der Waals surface area contributed by atoms with Gasteiger partial charge in [0.15, 0.2) is 0 Å². The molecule has 0 spiro atoms. The van der Waals surface area contributed by atoms with Crippen molar-refractivity contribution in [1.82, 2.24) is 15.0 Å². The predicted molar refractivity (Wildman–Crippen MR) is 121 cm³/mol. The van der Waals surface area contributed by atoms with E-state index in [1.165, 1.54) is 0 Å². The van der Waals surface area contributed by atoms with Crippen molar-refractivity contribution < 1.29 is 4.79 Å². The Morgan fingerprint density at radius 3 is 2.32 bits per heavy atom. The molecule has 0 bridgehead atoms. The maximum absolute atomic E-state index is 13.2. The van der Waals surface area contributed by atoms with Crippen molar-refractivity contribution in [2.75, 3.05) is 0 Å². The molecular formula is C26H22N4O. The minimum atomic E-state index is -0.254. The number of aromatic nitrogens is 2. The molecule has 1 aromatic heterocycles. The fraction of sp³-hybridized carbons (Fsp3) is 0.154. The standard InChI is InChI=1S/C26H22N4O/c31-26(16-15-19-9-3-1-4-10-19)30-25(17-23(29-30)20-11-5-2-6-12-20)24-18-27-21-13-7-8-14-22(21)28-24/h1-14,18,25H,15-17H2/t25-/m1/s1. The lowest BCUT2D eigenvalue weighted by atomic mass is 10.0. The third-order valence-electron chi connectivity index (χ3n) is 5.55. The van der Waals surface area contributed by atoms with Crippen LogP contribution in [0.1, 0.15) is 35.7 Å². The lowest BCUT2D eigenvalue weighted by molar-refractivity contribution is -0.133. The van der Waals surface area contributed by atoms with Gasteiger partial charge in [0.2, 0.25) is 5.91 Å². The summed E-state index contributed by atoms with van der Waals surface area (Å²) in [7, 11) is 0. The number of hydrazone groups is 1. The fourth-order valence-electron chi connectivity index (χ4n) is 3.92. The highest BCUT2D eigenvalue weighted by atomic mass is 16.2. The van der Waals surface area contributed by atoms with Crippen LogP contribution in [0.25, 0.3) is 11.0 Å². The van der Waals surface area contributed by atoms with Crippen molar-refractivity contribution in [2.24, 2.45) is 5.10 Å². The SMILES string of the molecule is O=C(CCc1ccccc1)N1N=C(c2ccccc2)C[C@@H]1c1cnc2ccccc2n1. The van der Waals surface area contributed by atoms with Crippen LogP contribution in [-0.4, -0.2) is 26.6 Å². The van der Waals surface area contributed by atoms with Crippen LogP contribution in [0.2, 0.25) is 0 Å². The molecule has 1 atom stereocenters. The first-order chi connectivity index (χ1) is 15.3. The van der Waals surface area contributed by atoms with E-state index in [0.29, 0.717) is 19.3 Å². The number of hydrogen-bond donors (Lipinski definition) is 0. The first kappa shape index (κ1) is 19.1. The third-order valence-corrected chi connectivity index (χ3v) is 5.55. The molecule has 1 amide bonds. The van der Waals surface area contributed by atoms with Crippen LogP contribution < -0.4 is 0 Å². The number of fused-ring (bicyclic) bond motifs is 1. The van der Waals surface area contributed by atoms with Crippen LogP contribution in [0.4, 0.5) is 0 Å². The number of carbonyl (C=O) groups is 1. The fourth-order valence-corrected chi connectivity index (χ4v) is 3.92. The Morgan fingerprint density at radius 1 is 0.871 bits per heavy atom. The summed E-state index contributed by atoms with van der Waals surface area (Å²) in [6.07, 6.45) is 3.47. The Bertz CT molecular complexity index is 1240. The van der Waals surface area contributed by atoms with Crippen LogP contribution in [-0.2, 0) is 11.2 Å². The van der Waals surface area contributed by atoms with Gasteiger partial charge in [0.05, 0.1) is 28.6 Å². The Morgan fingerprint density at radius 2 is 1.55 bits per heavy atom. The molecule has 1 aliphatic heterocycles. The van der Waals surface area contributed by atoms with Gasteiger partial charge in [-0.15, -0.1) is 0 Å². The van der Waals surface area contributed by atoms with E-state index in [1.807, 2.05) is 84.9 Å². The van der Waals surface area contributed by atoms with E-state index in [1.54, 1.807) is 11.2 Å². The topological polar surface area (TPSA) is 58.5 Å². The highest BCUT2D eigenvalue weighted by Gasteiger charge is 2.34. The van der Waals surface area contributed by atoms with Gasteiger partial charge in [0.1, 0.15) is 6.04 Å². The number of amides is 1. The predicted octanol–water partition coefficient (Wildman–Crippen LogP) is 4.94. The van der Waals surface area contributed by atoms with Gasteiger partial charge in [-0.3, -0.25) is 9.78 Å². The molecule has 0 saturated heterocycles. The Hall–Kier alpha value is -3.86. The quantitative estimate of drug-likeness (QED) is 0.472. The minimum absolute atomic E-state index is 0.00487. The van der Waals surface area contributed by atoms with Gasteiger partial charge >= 0.3 is 0 Å². The van der Waals surface area contributed by atoms with Crippen LogP contribution in [0.5, 0.6) is 0 Å². The lowest BCUT2D eigenvalue weighted by Crippen LogP contribution is -2.28. The molecule has 0 radical (unpaired) electrons. The Labute approximate surface area is 181 Å². The summed E-state index contributed by atoms with van der Waals surface area (Å²) in [4.78, 5) is 22.6. The largest absolute Gasteiger partial charge is 0.273 e. The van der Waals surface area contributed by atoms with Crippen molar-refractivity contribution in [1.29, 1.82) is 0 Å². The van der Waals surface area contributed by atoms with Gasteiger partial charge in [-0.2, -0.15) is 5.10 Å². The van der Waals surface area contributed by atoms with Crippen molar-refractivity contribution in [3.8, 4) is 0 Å². The molecule has 5 nitrogen and oxygen atoms in total. The van der Waals surface area contributed by atoms with Crippen LogP contribution in [0, 0.1) is 0 Å². The maximum Gasteiger partial charge on any atom is 0.243 e. The molecule has 152 valence electrons. The van der Waals surface area contributed by atoms with Crippen LogP contribution in [0.15, 0.2) is 96.2 Å². The third kappa shape index (κ3) is 4.08. The number of aryl methyl sites for hydroxylation is 1. The van der Waals surface area contributed by atoms with Gasteiger partial charge in [-0.1, -0.05) is 72.8 Å². The molecular weight excluding hydrogens is 384 g/mol. The molecule has 0 unspecified atom stereocenters. The van der Waals surface area contributed by atoms with Gasteiger partial charge in [0, 0.05) is 12.8 Å². The van der Waals surface area contributed by atoms with Crippen LogP contribution in [0.3, 0.4) is 0 Å². The second-order valence-electron chi connectivity index (χ2n) is 7.64. The minimum Gasteiger partial charge on any atom is -0.273 e. The zero-order valence-corrected chi connectivity index (χ0v) is 17.1. The number of benzene rings is 3. The van der Waals surface area contributed by atoms with Gasteiger partial charge < -0.3 is 0 Å². The maximum atomic E-state index is 13.2. The molecule has 4 aromatic rings. The molecule has 0 aliphatic carbocycles. The second kappa shape index (κ2) is 8.48. The molecule has 31 heavy (non-hydrogen) atoms. The summed E-state index contributed by atoms with van der Waals surface area (Å²) in [6.45, 7) is 0. The molecule has 5 rings (SSSR count). The summed E-state index contributed by atoms with van der Waals surface area (Å²) in [5, 5.41) is 6.36. The van der Waals surface area contributed by atoms with Gasteiger partial charge in [0.25, 0.3) is 0 Å². The summed E-state index contributed by atoms with van der Waals surface area (Å²) >= 11 is 0. The molecule has 1 aliphatic rings. The number of carbonyl (C=O) groups excluding carboxylic acids is 1. The number of rotatable bonds is 5. The average Bonchev–Trinajstić information content (AvgIpc) is 3.29. The van der Waals surface area contributed by atoms with E-state index < -0.39 is 0 Å². The Kier molecular flexibility index (Phi) is 5.23. The summed E-state index contributed by atoms with van der Waals surface area (Å²) in [5.41, 5.74) is 5.50. The monoisotopic (exact) mass is 406 g/mol. The second-order valence-corrected chi connectivity index (χ2v) is 7.64. The zero-order chi connectivity index (χ0) is 21.0. The highest BCUT2D eigenvalue weighted by Crippen LogP contribution is 2.32. The van der Waals surface area contributed by atoms with E-state index >= 15 is 0 Å². The number of para-hydroxylation sites is 2. The normalized spacial score (nSPS) is 15.8. The first-order valence-corrected chi connectivity index (χ1v) is 10.5. The molecule has 3 aromatic carbocycles. The van der Waals surface area contributed by atoms with E-state index in [2.05, 4.69) is 4.98 Å². The van der Waals surface area contributed by atoms with Crippen molar-refractivity contribution in [2.45, 2.75) is 25.3 Å². The molecule has 5 heteroatoms. The van der Waals surface area contributed by atoms with E-state index in [0.717, 1.165) is 33.6 Å². The molecule has 0 N–H and O–H groups in total. The lowest BCUT2D eigenvalue weighted by Gasteiger charge is -2.21.